The molecule has 1 atom stereocenters. The van der Waals surface area contributed by atoms with Crippen molar-refractivity contribution in [3.63, 3.8) is 0 Å². The summed E-state index contributed by atoms with van der Waals surface area (Å²) in [6, 6.07) is 28.5. The van der Waals surface area contributed by atoms with Gasteiger partial charge < -0.3 is 14.5 Å². The number of ether oxygens (including phenoxy) is 1. The van der Waals surface area contributed by atoms with Crippen molar-refractivity contribution < 1.29 is 18.8 Å². The van der Waals surface area contributed by atoms with E-state index in [1.54, 1.807) is 0 Å². The second-order valence-electron chi connectivity index (χ2n) is 11.0. The highest BCUT2D eigenvalue weighted by Crippen LogP contribution is 2.48. The van der Waals surface area contributed by atoms with Crippen molar-refractivity contribution in [3.8, 4) is 0 Å². The van der Waals surface area contributed by atoms with Gasteiger partial charge in [0.15, 0.2) is 0 Å². The van der Waals surface area contributed by atoms with Crippen LogP contribution in [0.5, 0.6) is 0 Å². The average molecular weight is 532 g/mol. The van der Waals surface area contributed by atoms with Gasteiger partial charge in [-0.3, -0.25) is 0 Å². The molecule has 6 heteroatoms. The molecule has 0 fully saturated rings. The molecular formula is C32H41NO4Si. The zero-order chi connectivity index (χ0) is 27.8. The molecule has 0 aliphatic rings. The lowest BCUT2D eigenvalue weighted by molar-refractivity contribution is -0.147. The van der Waals surface area contributed by atoms with E-state index < -0.39 is 26.4 Å². The monoisotopic (exact) mass is 531 g/mol. The summed E-state index contributed by atoms with van der Waals surface area (Å²) in [5, 5.41) is 2.52. The first kappa shape index (κ1) is 29.2. The van der Waals surface area contributed by atoms with Gasteiger partial charge in [0.2, 0.25) is 0 Å². The number of hydrogen-bond donors (Lipinski definition) is 1. The van der Waals surface area contributed by atoms with Gasteiger partial charge in [0.1, 0.15) is 12.6 Å². The van der Waals surface area contributed by atoms with E-state index in [0.717, 1.165) is 16.7 Å². The molecule has 0 aliphatic heterocycles. The number of carbonyl (C=O) groups is 2. The van der Waals surface area contributed by atoms with Crippen molar-refractivity contribution in [1.29, 1.82) is 0 Å². The Balaban J connectivity index is 1.86. The minimum atomic E-state index is -2.81. The first-order valence-corrected chi connectivity index (χ1v) is 15.4. The number of benzene rings is 3. The van der Waals surface area contributed by atoms with Crippen LogP contribution in [0.3, 0.4) is 0 Å². The SMILES string of the molecule is CC(C)[Si](OC(=O)N[C@@H](Cc1ccccc1)C(=O)OCc1ccccc1)(C(C)C)C(C)(C)c1ccccc1. The van der Waals surface area contributed by atoms with Gasteiger partial charge in [0.25, 0.3) is 8.32 Å². The number of hydrogen-bond acceptors (Lipinski definition) is 4. The van der Waals surface area contributed by atoms with Gasteiger partial charge in [-0.1, -0.05) is 133 Å². The molecule has 3 aromatic rings. The molecule has 1 amide bonds. The van der Waals surface area contributed by atoms with Crippen LogP contribution in [0.25, 0.3) is 0 Å². The van der Waals surface area contributed by atoms with Crippen LogP contribution >= 0.6 is 0 Å². The highest BCUT2D eigenvalue weighted by molar-refractivity contribution is 6.80. The van der Waals surface area contributed by atoms with Crippen molar-refractivity contribution in [2.75, 3.05) is 0 Å². The van der Waals surface area contributed by atoms with Crippen molar-refractivity contribution in [1.82, 2.24) is 5.32 Å². The minimum Gasteiger partial charge on any atom is -0.502 e. The zero-order valence-corrected chi connectivity index (χ0v) is 24.4. The van der Waals surface area contributed by atoms with Crippen molar-refractivity contribution in [2.24, 2.45) is 0 Å². The Hall–Kier alpha value is -3.38. The van der Waals surface area contributed by atoms with Crippen molar-refractivity contribution in [3.05, 3.63) is 108 Å². The summed E-state index contributed by atoms with van der Waals surface area (Å²) in [5.74, 6) is -0.488. The minimum absolute atomic E-state index is 0.138. The fourth-order valence-electron chi connectivity index (χ4n) is 5.75. The molecule has 0 aliphatic carbocycles. The maximum Gasteiger partial charge on any atom is 0.394 e. The molecule has 1 N–H and O–H groups in total. The van der Waals surface area contributed by atoms with Crippen LogP contribution in [0.4, 0.5) is 4.79 Å². The first-order valence-electron chi connectivity index (χ1n) is 13.4. The van der Waals surface area contributed by atoms with E-state index in [-0.39, 0.29) is 22.7 Å². The topological polar surface area (TPSA) is 64.6 Å². The molecule has 0 heterocycles. The van der Waals surface area contributed by atoms with E-state index in [0.29, 0.717) is 6.42 Å². The summed E-state index contributed by atoms with van der Waals surface area (Å²) in [7, 11) is -2.81. The predicted molar refractivity (Wildman–Crippen MR) is 155 cm³/mol. The number of carbonyl (C=O) groups excluding carboxylic acids is 2. The maximum absolute atomic E-state index is 13.6. The second kappa shape index (κ2) is 12.9. The molecular weight excluding hydrogens is 490 g/mol. The molecule has 0 saturated heterocycles. The van der Waals surface area contributed by atoms with E-state index in [1.807, 2.05) is 78.9 Å². The van der Waals surface area contributed by atoms with Crippen LogP contribution in [-0.4, -0.2) is 26.4 Å². The largest absolute Gasteiger partial charge is 0.502 e. The van der Waals surface area contributed by atoms with Gasteiger partial charge in [-0.25, -0.2) is 9.59 Å². The van der Waals surface area contributed by atoms with E-state index in [1.165, 1.54) is 0 Å². The van der Waals surface area contributed by atoms with E-state index in [4.69, 9.17) is 9.16 Å². The first-order chi connectivity index (χ1) is 18.1. The molecule has 0 saturated carbocycles. The van der Waals surface area contributed by atoms with Gasteiger partial charge in [0.05, 0.1) is 0 Å². The Morgan fingerprint density at radius 3 is 1.74 bits per heavy atom. The molecule has 0 radical (unpaired) electrons. The molecule has 0 unspecified atom stereocenters. The molecule has 0 bridgehead atoms. The summed E-state index contributed by atoms with van der Waals surface area (Å²) in [4.78, 5) is 26.8. The van der Waals surface area contributed by atoms with E-state index in [2.05, 4.69) is 59.0 Å². The third-order valence-corrected chi connectivity index (χ3v) is 13.7. The van der Waals surface area contributed by atoms with Crippen LogP contribution in [0, 0.1) is 0 Å². The summed E-state index contributed by atoms with van der Waals surface area (Å²) in [6.07, 6.45) is -0.260. The summed E-state index contributed by atoms with van der Waals surface area (Å²) < 4.78 is 12.2. The second-order valence-corrected chi connectivity index (χ2v) is 16.3. The van der Waals surface area contributed by atoms with Crippen LogP contribution < -0.4 is 5.32 Å². The molecule has 38 heavy (non-hydrogen) atoms. The van der Waals surface area contributed by atoms with Gasteiger partial charge in [0, 0.05) is 11.5 Å². The van der Waals surface area contributed by atoms with Crippen LogP contribution in [-0.2, 0) is 32.0 Å². The third kappa shape index (κ3) is 6.73. The van der Waals surface area contributed by atoms with Gasteiger partial charge in [-0.15, -0.1) is 0 Å². The van der Waals surface area contributed by atoms with E-state index in [9.17, 15) is 9.59 Å². The summed E-state index contributed by atoms with van der Waals surface area (Å²) in [5.41, 5.74) is 3.24. The molecule has 202 valence electrons. The Morgan fingerprint density at radius 1 is 0.763 bits per heavy atom. The Morgan fingerprint density at radius 2 is 1.24 bits per heavy atom. The fraction of sp³-hybridized carbons (Fsp3) is 0.375. The molecule has 0 aromatic heterocycles. The van der Waals surface area contributed by atoms with Gasteiger partial charge in [-0.05, 0) is 27.8 Å². The molecule has 5 nitrogen and oxygen atoms in total. The summed E-state index contributed by atoms with van der Waals surface area (Å²) in [6.45, 7) is 13.0. The highest BCUT2D eigenvalue weighted by atomic mass is 28.4. The van der Waals surface area contributed by atoms with Crippen molar-refractivity contribution in [2.45, 2.75) is 76.7 Å². The number of nitrogens with one attached hydrogen (secondary N) is 1. The smallest absolute Gasteiger partial charge is 0.394 e. The Kier molecular flexibility index (Phi) is 9.92. The Labute approximate surface area is 228 Å². The predicted octanol–water partition coefficient (Wildman–Crippen LogP) is 7.35. The van der Waals surface area contributed by atoms with Gasteiger partial charge in [-0.2, -0.15) is 0 Å². The zero-order valence-electron chi connectivity index (χ0n) is 23.4. The van der Waals surface area contributed by atoms with E-state index >= 15 is 0 Å². The van der Waals surface area contributed by atoms with Crippen LogP contribution in [0.1, 0.15) is 58.2 Å². The lowest BCUT2D eigenvalue weighted by Gasteiger charge is -2.49. The Bertz CT molecular complexity index is 1160. The van der Waals surface area contributed by atoms with Gasteiger partial charge >= 0.3 is 12.1 Å². The van der Waals surface area contributed by atoms with Crippen LogP contribution in [0.15, 0.2) is 91.0 Å². The maximum atomic E-state index is 13.6. The fourth-order valence-corrected chi connectivity index (χ4v) is 11.7. The molecule has 3 rings (SSSR count). The number of amides is 1. The van der Waals surface area contributed by atoms with Crippen LogP contribution in [0.2, 0.25) is 11.1 Å². The lowest BCUT2D eigenvalue weighted by atomic mass is 10.0. The standard InChI is InChI=1S/C32H41NO4Si/c1-24(2)38(25(3)4,32(5,6)28-20-14-9-15-21-28)37-31(35)33-29(22-26-16-10-7-11-17-26)30(34)36-23-27-18-12-8-13-19-27/h7-21,24-25,29H,22-23H2,1-6H3,(H,33,35)/t29-/m0/s1. The normalized spacial score (nSPS) is 12.7. The number of esters is 1. The molecule has 3 aromatic carbocycles. The number of rotatable bonds is 11. The lowest BCUT2D eigenvalue weighted by Crippen LogP contribution is -2.62. The third-order valence-electron chi connectivity index (χ3n) is 7.53. The highest BCUT2D eigenvalue weighted by Gasteiger charge is 2.57. The average Bonchev–Trinajstić information content (AvgIpc) is 2.91. The molecule has 0 spiro atoms. The van der Waals surface area contributed by atoms with Crippen molar-refractivity contribution >= 4 is 20.4 Å². The summed E-state index contributed by atoms with van der Waals surface area (Å²) >= 11 is 0. The quantitative estimate of drug-likeness (QED) is 0.207.